The minimum atomic E-state index is -0.262. The summed E-state index contributed by atoms with van der Waals surface area (Å²) in [6.45, 7) is 2.49. The van der Waals surface area contributed by atoms with E-state index in [2.05, 4.69) is 5.16 Å². The van der Waals surface area contributed by atoms with Gasteiger partial charge < -0.3 is 15.8 Å². The second-order valence-electron chi connectivity index (χ2n) is 4.99. The van der Waals surface area contributed by atoms with E-state index in [4.69, 9.17) is 10.9 Å². The number of nitrogens with two attached hydrogens (primary N) is 1. The molecule has 0 aliphatic rings. The molecule has 0 aliphatic heterocycles. The predicted octanol–water partition coefficient (Wildman–Crippen LogP) is 2.87. The van der Waals surface area contributed by atoms with Crippen LogP contribution in [0.1, 0.15) is 16.7 Å². The van der Waals surface area contributed by atoms with Crippen LogP contribution in [0.3, 0.4) is 0 Å². The van der Waals surface area contributed by atoms with Crippen molar-refractivity contribution in [3.8, 4) is 0 Å². The topological polar surface area (TPSA) is 61.9 Å². The molecular formula is C16H18FN3O. The SMILES string of the molecule is Cc1ccc(C(N)=NO)c(N(C)Cc2cccc(F)c2)c1. The van der Waals surface area contributed by atoms with Crippen LogP contribution in [0.2, 0.25) is 0 Å². The van der Waals surface area contributed by atoms with Gasteiger partial charge >= 0.3 is 0 Å². The number of hydrogen-bond acceptors (Lipinski definition) is 3. The Hall–Kier alpha value is -2.56. The fourth-order valence-electron chi connectivity index (χ4n) is 2.22. The number of nitrogens with zero attached hydrogens (tertiary/aromatic N) is 2. The second-order valence-corrected chi connectivity index (χ2v) is 4.99. The van der Waals surface area contributed by atoms with Crippen LogP contribution in [-0.4, -0.2) is 18.1 Å². The maximum absolute atomic E-state index is 13.3. The van der Waals surface area contributed by atoms with Gasteiger partial charge in [0.25, 0.3) is 0 Å². The second kappa shape index (κ2) is 6.26. The normalized spacial score (nSPS) is 11.5. The van der Waals surface area contributed by atoms with E-state index in [0.29, 0.717) is 12.1 Å². The number of rotatable bonds is 4. The highest BCUT2D eigenvalue weighted by Crippen LogP contribution is 2.23. The van der Waals surface area contributed by atoms with E-state index in [-0.39, 0.29) is 11.7 Å². The van der Waals surface area contributed by atoms with Crippen LogP contribution in [0, 0.1) is 12.7 Å². The summed E-state index contributed by atoms with van der Waals surface area (Å²) >= 11 is 0. The largest absolute Gasteiger partial charge is 0.409 e. The van der Waals surface area contributed by atoms with Crippen molar-refractivity contribution in [2.45, 2.75) is 13.5 Å². The monoisotopic (exact) mass is 287 g/mol. The Kier molecular flexibility index (Phi) is 4.42. The quantitative estimate of drug-likeness (QED) is 0.393. The Labute approximate surface area is 123 Å². The predicted molar refractivity (Wildman–Crippen MR) is 82.2 cm³/mol. The molecule has 2 aromatic rings. The van der Waals surface area contributed by atoms with Gasteiger partial charge in [0.05, 0.1) is 0 Å². The lowest BCUT2D eigenvalue weighted by atomic mass is 10.1. The van der Waals surface area contributed by atoms with Crippen molar-refractivity contribution < 1.29 is 9.60 Å². The fraction of sp³-hybridized carbons (Fsp3) is 0.188. The van der Waals surface area contributed by atoms with Gasteiger partial charge in [0.1, 0.15) is 5.82 Å². The molecular weight excluding hydrogens is 269 g/mol. The van der Waals surface area contributed by atoms with Gasteiger partial charge in [-0.05, 0) is 42.3 Å². The number of aryl methyl sites for hydroxylation is 1. The number of amidine groups is 1. The number of anilines is 1. The molecule has 0 aromatic heterocycles. The molecule has 0 amide bonds. The van der Waals surface area contributed by atoms with E-state index in [9.17, 15) is 4.39 Å². The highest BCUT2D eigenvalue weighted by Gasteiger charge is 2.12. The molecule has 2 aromatic carbocycles. The number of benzene rings is 2. The first-order valence-corrected chi connectivity index (χ1v) is 6.55. The zero-order chi connectivity index (χ0) is 15.4. The lowest BCUT2D eigenvalue weighted by molar-refractivity contribution is 0.318. The van der Waals surface area contributed by atoms with E-state index in [1.807, 2.05) is 43.1 Å². The van der Waals surface area contributed by atoms with Gasteiger partial charge in [-0.25, -0.2) is 4.39 Å². The lowest BCUT2D eigenvalue weighted by Gasteiger charge is -2.23. The first kappa shape index (κ1) is 14.8. The van der Waals surface area contributed by atoms with Crippen molar-refractivity contribution in [1.82, 2.24) is 0 Å². The van der Waals surface area contributed by atoms with E-state index in [1.54, 1.807) is 6.07 Å². The summed E-state index contributed by atoms with van der Waals surface area (Å²) in [7, 11) is 1.88. The van der Waals surface area contributed by atoms with Crippen molar-refractivity contribution in [2.24, 2.45) is 10.9 Å². The van der Waals surface area contributed by atoms with Crippen LogP contribution in [0.5, 0.6) is 0 Å². The third-order valence-electron chi connectivity index (χ3n) is 3.26. The van der Waals surface area contributed by atoms with Crippen LogP contribution < -0.4 is 10.6 Å². The Morgan fingerprint density at radius 1 is 1.29 bits per heavy atom. The molecule has 0 fully saturated rings. The van der Waals surface area contributed by atoms with Gasteiger partial charge in [0.15, 0.2) is 5.84 Å². The van der Waals surface area contributed by atoms with Crippen LogP contribution >= 0.6 is 0 Å². The van der Waals surface area contributed by atoms with Crippen LogP contribution in [0.15, 0.2) is 47.6 Å². The number of halogens is 1. The van der Waals surface area contributed by atoms with Gasteiger partial charge in [0.2, 0.25) is 0 Å². The average Bonchev–Trinajstić information content (AvgIpc) is 2.46. The smallest absolute Gasteiger partial charge is 0.172 e. The van der Waals surface area contributed by atoms with Crippen molar-refractivity contribution in [2.75, 3.05) is 11.9 Å². The van der Waals surface area contributed by atoms with Crippen molar-refractivity contribution in [3.63, 3.8) is 0 Å². The average molecular weight is 287 g/mol. The van der Waals surface area contributed by atoms with Crippen LogP contribution in [-0.2, 0) is 6.54 Å². The summed E-state index contributed by atoms with van der Waals surface area (Å²) in [5.74, 6) is -0.210. The molecule has 5 heteroatoms. The van der Waals surface area contributed by atoms with Gasteiger partial charge in [-0.3, -0.25) is 0 Å². The molecule has 0 saturated heterocycles. The Balaban J connectivity index is 2.34. The third kappa shape index (κ3) is 3.51. The number of oxime groups is 1. The minimum absolute atomic E-state index is 0.0519. The fourth-order valence-corrected chi connectivity index (χ4v) is 2.22. The van der Waals surface area contributed by atoms with Gasteiger partial charge in [-0.2, -0.15) is 0 Å². The number of hydrogen-bond donors (Lipinski definition) is 2. The molecule has 4 nitrogen and oxygen atoms in total. The molecule has 0 spiro atoms. The zero-order valence-electron chi connectivity index (χ0n) is 12.0. The Morgan fingerprint density at radius 3 is 2.71 bits per heavy atom. The first-order chi connectivity index (χ1) is 10.0. The molecule has 3 N–H and O–H groups in total. The minimum Gasteiger partial charge on any atom is -0.409 e. The third-order valence-corrected chi connectivity index (χ3v) is 3.26. The van der Waals surface area contributed by atoms with Gasteiger partial charge in [-0.15, -0.1) is 0 Å². The molecule has 0 radical (unpaired) electrons. The molecule has 0 bridgehead atoms. The molecule has 0 unspecified atom stereocenters. The van der Waals surface area contributed by atoms with Gasteiger partial charge in [0, 0.05) is 24.8 Å². The summed E-state index contributed by atoms with van der Waals surface area (Å²) in [5.41, 5.74) is 9.09. The van der Waals surface area contributed by atoms with Crippen molar-refractivity contribution >= 4 is 11.5 Å². The first-order valence-electron chi connectivity index (χ1n) is 6.55. The van der Waals surface area contributed by atoms with E-state index in [0.717, 1.165) is 16.8 Å². The molecule has 0 heterocycles. The van der Waals surface area contributed by atoms with E-state index in [1.165, 1.54) is 12.1 Å². The molecule has 0 aliphatic carbocycles. The maximum Gasteiger partial charge on any atom is 0.172 e. The highest BCUT2D eigenvalue weighted by atomic mass is 19.1. The summed E-state index contributed by atoms with van der Waals surface area (Å²) in [4.78, 5) is 1.94. The molecule has 0 saturated carbocycles. The van der Waals surface area contributed by atoms with E-state index >= 15 is 0 Å². The molecule has 110 valence electrons. The van der Waals surface area contributed by atoms with Gasteiger partial charge in [-0.1, -0.05) is 23.4 Å². The molecule has 21 heavy (non-hydrogen) atoms. The van der Waals surface area contributed by atoms with Crippen molar-refractivity contribution in [3.05, 3.63) is 65.0 Å². The Bertz CT molecular complexity index is 670. The van der Waals surface area contributed by atoms with E-state index < -0.39 is 0 Å². The lowest BCUT2D eigenvalue weighted by Crippen LogP contribution is -2.22. The summed E-state index contributed by atoms with van der Waals surface area (Å²) < 4.78 is 13.3. The van der Waals surface area contributed by atoms with Crippen LogP contribution in [0.25, 0.3) is 0 Å². The summed E-state index contributed by atoms with van der Waals surface area (Å²) in [6, 6.07) is 12.1. The summed E-state index contributed by atoms with van der Waals surface area (Å²) in [5, 5.41) is 11.9. The highest BCUT2D eigenvalue weighted by molar-refractivity contribution is 6.02. The summed E-state index contributed by atoms with van der Waals surface area (Å²) in [6.07, 6.45) is 0. The molecule has 2 rings (SSSR count). The van der Waals surface area contributed by atoms with Crippen LogP contribution in [0.4, 0.5) is 10.1 Å². The van der Waals surface area contributed by atoms with Crippen molar-refractivity contribution in [1.29, 1.82) is 0 Å². The Morgan fingerprint density at radius 2 is 2.05 bits per heavy atom. The molecule has 0 atom stereocenters. The maximum atomic E-state index is 13.3. The zero-order valence-corrected chi connectivity index (χ0v) is 12.0. The standard InChI is InChI=1S/C16H18FN3O/c1-11-6-7-14(16(18)19-21)15(8-11)20(2)10-12-4-3-5-13(17)9-12/h3-9,21H,10H2,1-2H3,(H2,18,19).